The first-order chi connectivity index (χ1) is 8.65. The fraction of sp³-hybridized carbons (Fsp3) is 0.333. The zero-order valence-corrected chi connectivity index (χ0v) is 11.8. The summed E-state index contributed by atoms with van der Waals surface area (Å²) in [5.74, 6) is -0.0468. The van der Waals surface area contributed by atoms with Gasteiger partial charge in [-0.1, -0.05) is 23.2 Å². The Hall–Kier alpha value is -0.840. The summed E-state index contributed by atoms with van der Waals surface area (Å²) in [6, 6.07) is 3.53. The van der Waals surface area contributed by atoms with Crippen LogP contribution in [0.15, 0.2) is 12.1 Å². The maximum atomic E-state index is 12.4. The van der Waals surface area contributed by atoms with Gasteiger partial charge in [0.2, 0.25) is 0 Å². The number of nitrogens with zero attached hydrogens (tertiary/aromatic N) is 2. The molecule has 0 radical (unpaired) electrons. The molecule has 2 aromatic heterocycles. The molecule has 3 heterocycles. The number of hydrogen-bond acceptors (Lipinski definition) is 3. The van der Waals surface area contributed by atoms with Crippen LogP contribution in [0.3, 0.4) is 0 Å². The van der Waals surface area contributed by atoms with Gasteiger partial charge in [0.1, 0.15) is 10.8 Å². The zero-order chi connectivity index (χ0) is 12.7. The molecule has 2 aromatic rings. The summed E-state index contributed by atoms with van der Waals surface area (Å²) >= 11 is 13.4. The van der Waals surface area contributed by atoms with E-state index in [1.807, 2.05) is 4.90 Å². The van der Waals surface area contributed by atoms with Crippen LogP contribution in [-0.4, -0.2) is 28.9 Å². The molecular weight excluding hydrogens is 291 g/mol. The average molecular weight is 301 g/mol. The van der Waals surface area contributed by atoms with Gasteiger partial charge in [-0.05, 0) is 25.0 Å². The van der Waals surface area contributed by atoms with Crippen molar-refractivity contribution in [2.45, 2.75) is 12.8 Å². The molecule has 0 aliphatic carbocycles. The van der Waals surface area contributed by atoms with Crippen LogP contribution in [0.4, 0.5) is 0 Å². The lowest BCUT2D eigenvalue weighted by Gasteiger charge is -2.15. The fourth-order valence-electron chi connectivity index (χ4n) is 2.21. The lowest BCUT2D eigenvalue weighted by Crippen LogP contribution is -2.28. The fourth-order valence-corrected chi connectivity index (χ4v) is 3.65. The normalized spacial score (nSPS) is 15.6. The first kappa shape index (κ1) is 12.2. The van der Waals surface area contributed by atoms with Crippen molar-refractivity contribution in [3.8, 4) is 0 Å². The number of rotatable bonds is 1. The van der Waals surface area contributed by atoms with E-state index in [-0.39, 0.29) is 5.91 Å². The summed E-state index contributed by atoms with van der Waals surface area (Å²) in [6.07, 6.45) is 2.11. The molecule has 0 aromatic carbocycles. The van der Waals surface area contributed by atoms with Crippen molar-refractivity contribution in [1.82, 2.24) is 9.88 Å². The first-order valence-electron chi connectivity index (χ1n) is 5.70. The van der Waals surface area contributed by atoms with Gasteiger partial charge in [0, 0.05) is 23.2 Å². The third-order valence-electron chi connectivity index (χ3n) is 3.05. The smallest absolute Gasteiger partial charge is 0.273 e. The maximum absolute atomic E-state index is 12.4. The Labute approximate surface area is 118 Å². The highest BCUT2D eigenvalue weighted by Crippen LogP contribution is 2.33. The standard InChI is InChI=1S/C12H10Cl2N2OS/c13-9-6-8-7(5-10(14)18-8)11(15-9)12(17)16-3-1-2-4-16/h5-6H,1-4H2. The highest BCUT2D eigenvalue weighted by Gasteiger charge is 2.23. The molecule has 1 amide bonds. The monoisotopic (exact) mass is 300 g/mol. The van der Waals surface area contributed by atoms with Crippen LogP contribution in [-0.2, 0) is 0 Å². The van der Waals surface area contributed by atoms with Crippen LogP contribution in [0.5, 0.6) is 0 Å². The summed E-state index contributed by atoms with van der Waals surface area (Å²) in [7, 11) is 0. The number of fused-ring (bicyclic) bond motifs is 1. The van der Waals surface area contributed by atoms with Crippen molar-refractivity contribution in [2.24, 2.45) is 0 Å². The number of likely N-dealkylation sites (tertiary alicyclic amines) is 1. The summed E-state index contributed by atoms with van der Waals surface area (Å²) < 4.78 is 1.55. The number of hydrogen-bond donors (Lipinski definition) is 0. The van der Waals surface area contributed by atoms with Crippen LogP contribution in [0.1, 0.15) is 23.3 Å². The van der Waals surface area contributed by atoms with Gasteiger partial charge in [-0.2, -0.15) is 0 Å². The minimum absolute atomic E-state index is 0.0468. The number of pyridine rings is 1. The van der Waals surface area contributed by atoms with E-state index in [4.69, 9.17) is 23.2 Å². The number of halogens is 2. The van der Waals surface area contributed by atoms with Crippen LogP contribution >= 0.6 is 34.5 Å². The predicted octanol–water partition coefficient (Wildman–Crippen LogP) is 3.84. The molecule has 6 heteroatoms. The molecular formula is C12H10Cl2N2OS. The lowest BCUT2D eigenvalue weighted by molar-refractivity contribution is 0.0789. The number of thiophene rings is 1. The van der Waals surface area contributed by atoms with Gasteiger partial charge in [0.25, 0.3) is 5.91 Å². The molecule has 1 aliphatic heterocycles. The molecule has 1 saturated heterocycles. The number of carbonyl (C=O) groups excluding carboxylic acids is 1. The highest BCUT2D eigenvalue weighted by atomic mass is 35.5. The van der Waals surface area contributed by atoms with Gasteiger partial charge in [0.05, 0.1) is 4.34 Å². The third-order valence-corrected chi connectivity index (χ3v) is 4.46. The maximum Gasteiger partial charge on any atom is 0.273 e. The Morgan fingerprint density at radius 2 is 2.00 bits per heavy atom. The molecule has 0 spiro atoms. The van der Waals surface area contributed by atoms with Crippen molar-refractivity contribution < 1.29 is 4.79 Å². The summed E-state index contributed by atoms with van der Waals surface area (Å²) in [4.78, 5) is 18.4. The molecule has 0 N–H and O–H groups in total. The topological polar surface area (TPSA) is 33.2 Å². The first-order valence-corrected chi connectivity index (χ1v) is 7.27. The molecule has 3 rings (SSSR count). The molecule has 0 bridgehead atoms. The summed E-state index contributed by atoms with van der Waals surface area (Å²) in [6.45, 7) is 1.60. The zero-order valence-electron chi connectivity index (χ0n) is 9.45. The Morgan fingerprint density at radius 1 is 1.28 bits per heavy atom. The predicted molar refractivity (Wildman–Crippen MR) is 74.8 cm³/mol. The Morgan fingerprint density at radius 3 is 2.72 bits per heavy atom. The van der Waals surface area contributed by atoms with Crippen LogP contribution in [0, 0.1) is 0 Å². The van der Waals surface area contributed by atoms with Crippen molar-refractivity contribution in [3.05, 3.63) is 27.3 Å². The molecule has 1 fully saturated rings. The molecule has 18 heavy (non-hydrogen) atoms. The van der Waals surface area contributed by atoms with Gasteiger partial charge in [-0.3, -0.25) is 4.79 Å². The number of amides is 1. The second-order valence-corrected chi connectivity index (χ2v) is 6.36. The Bertz CT molecular complexity index is 620. The van der Waals surface area contributed by atoms with Crippen LogP contribution in [0.2, 0.25) is 9.49 Å². The van der Waals surface area contributed by atoms with Gasteiger partial charge >= 0.3 is 0 Å². The third kappa shape index (κ3) is 2.09. The lowest BCUT2D eigenvalue weighted by atomic mass is 10.2. The van der Waals surface area contributed by atoms with Crippen molar-refractivity contribution >= 4 is 50.5 Å². The minimum atomic E-state index is -0.0468. The molecule has 3 nitrogen and oxygen atoms in total. The van der Waals surface area contributed by atoms with Gasteiger partial charge in [-0.15, -0.1) is 11.3 Å². The molecule has 94 valence electrons. The second kappa shape index (κ2) is 4.68. The van der Waals surface area contributed by atoms with E-state index in [0.717, 1.165) is 36.0 Å². The largest absolute Gasteiger partial charge is 0.337 e. The number of aromatic nitrogens is 1. The van der Waals surface area contributed by atoms with Gasteiger partial charge in [0.15, 0.2) is 0 Å². The molecule has 0 atom stereocenters. The van der Waals surface area contributed by atoms with E-state index >= 15 is 0 Å². The molecule has 0 unspecified atom stereocenters. The van der Waals surface area contributed by atoms with Crippen molar-refractivity contribution in [1.29, 1.82) is 0 Å². The van der Waals surface area contributed by atoms with E-state index in [0.29, 0.717) is 15.2 Å². The van der Waals surface area contributed by atoms with Crippen LogP contribution < -0.4 is 0 Å². The minimum Gasteiger partial charge on any atom is -0.337 e. The second-order valence-electron chi connectivity index (χ2n) is 4.26. The summed E-state index contributed by atoms with van der Waals surface area (Å²) in [5.41, 5.74) is 0.419. The van der Waals surface area contributed by atoms with E-state index in [1.165, 1.54) is 11.3 Å². The van der Waals surface area contributed by atoms with Gasteiger partial charge in [-0.25, -0.2) is 4.98 Å². The van der Waals surface area contributed by atoms with Crippen LogP contribution in [0.25, 0.3) is 10.1 Å². The highest BCUT2D eigenvalue weighted by molar-refractivity contribution is 7.22. The van der Waals surface area contributed by atoms with Crippen molar-refractivity contribution in [3.63, 3.8) is 0 Å². The van der Waals surface area contributed by atoms with E-state index in [1.54, 1.807) is 12.1 Å². The van der Waals surface area contributed by atoms with E-state index in [9.17, 15) is 4.79 Å². The summed E-state index contributed by atoms with van der Waals surface area (Å²) in [5, 5.41) is 1.13. The van der Waals surface area contributed by atoms with E-state index < -0.39 is 0 Å². The van der Waals surface area contributed by atoms with E-state index in [2.05, 4.69) is 4.98 Å². The molecule has 0 saturated carbocycles. The quantitative estimate of drug-likeness (QED) is 0.750. The SMILES string of the molecule is O=C(c1nc(Cl)cc2sc(Cl)cc12)N1CCCC1. The number of carbonyl (C=O) groups is 1. The van der Waals surface area contributed by atoms with Crippen molar-refractivity contribution in [2.75, 3.05) is 13.1 Å². The Balaban J connectivity index is 2.11. The average Bonchev–Trinajstić information content (AvgIpc) is 2.94. The van der Waals surface area contributed by atoms with Gasteiger partial charge < -0.3 is 4.90 Å². The Kier molecular flexibility index (Phi) is 3.18. The molecule has 1 aliphatic rings.